The van der Waals surface area contributed by atoms with Crippen molar-refractivity contribution in [1.29, 1.82) is 0 Å². The summed E-state index contributed by atoms with van der Waals surface area (Å²) < 4.78 is 5.24. The Morgan fingerprint density at radius 2 is 1.92 bits per heavy atom. The van der Waals surface area contributed by atoms with Crippen LogP contribution in [0.15, 0.2) is 47.6 Å². The number of pyridine rings is 1. The molecule has 0 amide bonds. The van der Waals surface area contributed by atoms with Crippen molar-refractivity contribution in [2.75, 3.05) is 20.7 Å². The monoisotopic (exact) mass is 460 g/mol. The second kappa shape index (κ2) is 11.1. The van der Waals surface area contributed by atoms with Crippen molar-refractivity contribution >= 4 is 41.5 Å². The Kier molecular flexibility index (Phi) is 9.48. The Labute approximate surface area is 164 Å². The molecule has 0 aliphatic rings. The third-order valence-electron chi connectivity index (χ3n) is 3.36. The SMILES string of the molecule is CN=C(NCCc1ccccc1Cl)NCc1cccnc1OC.I. The number of methoxy groups -OCH3 is 1. The lowest BCUT2D eigenvalue weighted by molar-refractivity contribution is 0.392. The number of nitrogens with zero attached hydrogens (tertiary/aromatic N) is 2. The van der Waals surface area contributed by atoms with Gasteiger partial charge in [0.05, 0.1) is 7.11 Å². The minimum absolute atomic E-state index is 0. The van der Waals surface area contributed by atoms with Crippen molar-refractivity contribution in [3.63, 3.8) is 0 Å². The number of aliphatic imine (C=N–C) groups is 1. The van der Waals surface area contributed by atoms with Crippen LogP contribution < -0.4 is 15.4 Å². The summed E-state index contributed by atoms with van der Waals surface area (Å²) >= 11 is 6.15. The molecule has 0 saturated carbocycles. The average molecular weight is 461 g/mol. The standard InChI is InChI=1S/C17H21ClN4O.HI/c1-19-17(21-11-9-13-6-3-4-8-15(13)18)22-12-14-7-5-10-20-16(14)23-2;/h3-8,10H,9,11-12H2,1-2H3,(H2,19,21,22);1H. The molecule has 1 aromatic carbocycles. The second-order valence-corrected chi connectivity index (χ2v) is 5.27. The first-order valence-electron chi connectivity index (χ1n) is 7.40. The Morgan fingerprint density at radius 1 is 1.17 bits per heavy atom. The zero-order valence-corrected chi connectivity index (χ0v) is 16.8. The normalized spacial score (nSPS) is 10.7. The zero-order valence-electron chi connectivity index (χ0n) is 13.8. The fraction of sp³-hybridized carbons (Fsp3) is 0.294. The van der Waals surface area contributed by atoms with Gasteiger partial charge in [-0.15, -0.1) is 24.0 Å². The van der Waals surface area contributed by atoms with Gasteiger partial charge in [0, 0.05) is 36.9 Å². The third kappa shape index (κ3) is 6.16. The van der Waals surface area contributed by atoms with Crippen LogP contribution >= 0.6 is 35.6 Å². The van der Waals surface area contributed by atoms with Crippen LogP contribution in [-0.2, 0) is 13.0 Å². The molecular weight excluding hydrogens is 439 g/mol. The number of aromatic nitrogens is 1. The maximum atomic E-state index is 6.15. The molecule has 0 fully saturated rings. The number of halogens is 2. The highest BCUT2D eigenvalue weighted by Gasteiger charge is 2.05. The molecule has 2 N–H and O–H groups in total. The summed E-state index contributed by atoms with van der Waals surface area (Å²) in [4.78, 5) is 8.39. The molecule has 0 spiro atoms. The van der Waals surface area contributed by atoms with Crippen LogP contribution in [0.25, 0.3) is 0 Å². The number of hydrogen-bond acceptors (Lipinski definition) is 3. The summed E-state index contributed by atoms with van der Waals surface area (Å²) in [5.41, 5.74) is 2.09. The van der Waals surface area contributed by atoms with Crippen LogP contribution in [-0.4, -0.2) is 31.6 Å². The first-order chi connectivity index (χ1) is 11.2. The molecule has 2 rings (SSSR count). The van der Waals surface area contributed by atoms with Gasteiger partial charge in [-0.25, -0.2) is 4.98 Å². The highest BCUT2D eigenvalue weighted by Crippen LogP contribution is 2.15. The van der Waals surface area contributed by atoms with Crippen molar-refractivity contribution in [2.24, 2.45) is 4.99 Å². The van der Waals surface area contributed by atoms with Crippen molar-refractivity contribution in [1.82, 2.24) is 15.6 Å². The van der Waals surface area contributed by atoms with Gasteiger partial charge in [-0.3, -0.25) is 4.99 Å². The van der Waals surface area contributed by atoms with E-state index in [1.165, 1.54) is 0 Å². The molecule has 0 radical (unpaired) electrons. The van der Waals surface area contributed by atoms with Crippen LogP contribution in [0.2, 0.25) is 5.02 Å². The van der Waals surface area contributed by atoms with Crippen LogP contribution in [0.3, 0.4) is 0 Å². The summed E-state index contributed by atoms with van der Waals surface area (Å²) in [5, 5.41) is 7.31. The van der Waals surface area contributed by atoms with Gasteiger partial charge in [0.15, 0.2) is 5.96 Å². The van der Waals surface area contributed by atoms with E-state index in [2.05, 4.69) is 20.6 Å². The molecule has 0 unspecified atom stereocenters. The maximum Gasteiger partial charge on any atom is 0.218 e. The summed E-state index contributed by atoms with van der Waals surface area (Å²) in [5.74, 6) is 1.34. The molecule has 0 bridgehead atoms. The van der Waals surface area contributed by atoms with E-state index in [9.17, 15) is 0 Å². The van der Waals surface area contributed by atoms with Crippen molar-refractivity contribution in [2.45, 2.75) is 13.0 Å². The van der Waals surface area contributed by atoms with E-state index in [4.69, 9.17) is 16.3 Å². The second-order valence-electron chi connectivity index (χ2n) is 4.87. The van der Waals surface area contributed by atoms with Gasteiger partial charge in [0.2, 0.25) is 5.88 Å². The fourth-order valence-corrected chi connectivity index (χ4v) is 2.39. The summed E-state index contributed by atoms with van der Waals surface area (Å²) in [6, 6.07) is 11.7. The Bertz CT molecular complexity index is 667. The van der Waals surface area contributed by atoms with E-state index < -0.39 is 0 Å². The van der Waals surface area contributed by atoms with Gasteiger partial charge in [-0.2, -0.15) is 0 Å². The number of rotatable bonds is 6. The van der Waals surface area contributed by atoms with Gasteiger partial charge >= 0.3 is 0 Å². The minimum atomic E-state index is 0. The first kappa shape index (κ1) is 20.5. The van der Waals surface area contributed by atoms with E-state index in [1.54, 1.807) is 20.4 Å². The zero-order chi connectivity index (χ0) is 16.5. The Balaban J connectivity index is 0.00000288. The van der Waals surface area contributed by atoms with Crippen LogP contribution in [0.5, 0.6) is 5.88 Å². The predicted octanol–water partition coefficient (Wildman–Crippen LogP) is 3.27. The molecule has 1 aromatic heterocycles. The van der Waals surface area contributed by atoms with Crippen LogP contribution in [0, 0.1) is 0 Å². The largest absolute Gasteiger partial charge is 0.481 e. The highest BCUT2D eigenvalue weighted by atomic mass is 127. The molecule has 0 atom stereocenters. The van der Waals surface area contributed by atoms with E-state index in [1.807, 2.05) is 36.4 Å². The fourth-order valence-electron chi connectivity index (χ4n) is 2.16. The lowest BCUT2D eigenvalue weighted by Gasteiger charge is -2.13. The summed E-state index contributed by atoms with van der Waals surface area (Å²) in [7, 11) is 3.35. The highest BCUT2D eigenvalue weighted by molar-refractivity contribution is 14.0. The third-order valence-corrected chi connectivity index (χ3v) is 3.73. The van der Waals surface area contributed by atoms with E-state index in [0.717, 1.165) is 35.1 Å². The Hall–Kier alpha value is -1.54. The number of ether oxygens (including phenoxy) is 1. The molecule has 130 valence electrons. The topological polar surface area (TPSA) is 58.5 Å². The van der Waals surface area contributed by atoms with Gasteiger partial charge in [0.1, 0.15) is 0 Å². The van der Waals surface area contributed by atoms with Crippen LogP contribution in [0.4, 0.5) is 0 Å². The van der Waals surface area contributed by atoms with Crippen molar-refractivity contribution in [3.05, 3.63) is 58.7 Å². The summed E-state index contributed by atoms with van der Waals surface area (Å²) in [6.07, 6.45) is 2.54. The molecule has 0 aliphatic heterocycles. The molecule has 1 heterocycles. The maximum absolute atomic E-state index is 6.15. The Morgan fingerprint density at radius 3 is 2.62 bits per heavy atom. The quantitative estimate of drug-likeness (QED) is 0.395. The molecule has 24 heavy (non-hydrogen) atoms. The van der Waals surface area contributed by atoms with Crippen LogP contribution in [0.1, 0.15) is 11.1 Å². The minimum Gasteiger partial charge on any atom is -0.481 e. The predicted molar refractivity (Wildman–Crippen MR) is 110 cm³/mol. The molecule has 2 aromatic rings. The number of guanidine groups is 1. The van der Waals surface area contributed by atoms with E-state index >= 15 is 0 Å². The van der Waals surface area contributed by atoms with Gasteiger partial charge < -0.3 is 15.4 Å². The number of nitrogens with one attached hydrogen (secondary N) is 2. The molecular formula is C17H22ClIN4O. The first-order valence-corrected chi connectivity index (χ1v) is 7.78. The van der Waals surface area contributed by atoms with E-state index in [-0.39, 0.29) is 24.0 Å². The molecule has 7 heteroatoms. The smallest absolute Gasteiger partial charge is 0.218 e. The molecule has 0 saturated heterocycles. The molecule has 5 nitrogen and oxygen atoms in total. The molecule has 0 aliphatic carbocycles. The van der Waals surface area contributed by atoms with Gasteiger partial charge in [-0.05, 0) is 24.1 Å². The average Bonchev–Trinajstić information content (AvgIpc) is 2.59. The van der Waals surface area contributed by atoms with E-state index in [0.29, 0.717) is 12.4 Å². The number of hydrogen-bond donors (Lipinski definition) is 2. The number of benzene rings is 1. The summed E-state index contributed by atoms with van der Waals surface area (Å²) in [6.45, 7) is 1.33. The van der Waals surface area contributed by atoms with Crippen molar-refractivity contribution < 1.29 is 4.74 Å². The van der Waals surface area contributed by atoms with Gasteiger partial charge in [0.25, 0.3) is 0 Å². The van der Waals surface area contributed by atoms with Gasteiger partial charge in [-0.1, -0.05) is 35.9 Å². The lowest BCUT2D eigenvalue weighted by atomic mass is 10.1. The van der Waals surface area contributed by atoms with Crippen molar-refractivity contribution in [3.8, 4) is 5.88 Å². The lowest BCUT2D eigenvalue weighted by Crippen LogP contribution is -2.38.